The maximum Gasteiger partial charge on any atom is 0.227 e. The molecule has 19 heavy (non-hydrogen) atoms. The Kier molecular flexibility index (Phi) is 4.46. The van der Waals surface area contributed by atoms with Crippen LogP contribution in [0.15, 0.2) is 24.3 Å². The van der Waals surface area contributed by atoms with E-state index in [0.29, 0.717) is 18.4 Å². The van der Waals surface area contributed by atoms with Gasteiger partial charge in [-0.25, -0.2) is 0 Å². The minimum Gasteiger partial charge on any atom is -0.497 e. The lowest BCUT2D eigenvalue weighted by Crippen LogP contribution is -2.37. The first-order valence-electron chi connectivity index (χ1n) is 7.02. The van der Waals surface area contributed by atoms with E-state index < -0.39 is 0 Å². The lowest BCUT2D eigenvalue weighted by Gasteiger charge is -2.24. The third kappa shape index (κ3) is 3.98. The summed E-state index contributed by atoms with van der Waals surface area (Å²) in [5.74, 6) is 1.58. The van der Waals surface area contributed by atoms with Gasteiger partial charge in [-0.15, -0.1) is 0 Å². The predicted molar refractivity (Wildman–Crippen MR) is 76.3 cm³/mol. The van der Waals surface area contributed by atoms with Crippen molar-refractivity contribution in [3.63, 3.8) is 0 Å². The van der Waals surface area contributed by atoms with Crippen LogP contribution in [0.4, 0.5) is 0 Å². The number of hydrogen-bond donors (Lipinski definition) is 0. The predicted octanol–water partition coefficient (Wildman–Crippen LogP) is 2.88. The molecule has 0 heterocycles. The lowest BCUT2D eigenvalue weighted by molar-refractivity contribution is -0.131. The Balaban J connectivity index is 2.01. The zero-order valence-electron chi connectivity index (χ0n) is 12.1. The van der Waals surface area contributed by atoms with Crippen molar-refractivity contribution in [2.45, 2.75) is 39.2 Å². The molecule has 1 aromatic rings. The number of rotatable bonds is 6. The molecule has 3 nitrogen and oxygen atoms in total. The SMILES string of the molecule is COc1cccc(CC(=O)N(CC(C)C)C2CC2)c1. The van der Waals surface area contributed by atoms with Crippen LogP contribution >= 0.6 is 0 Å². The van der Waals surface area contributed by atoms with E-state index in [1.54, 1.807) is 7.11 Å². The molecule has 1 saturated carbocycles. The highest BCUT2D eigenvalue weighted by Crippen LogP contribution is 2.28. The van der Waals surface area contributed by atoms with Gasteiger partial charge < -0.3 is 9.64 Å². The molecule has 0 aliphatic heterocycles. The number of hydrogen-bond acceptors (Lipinski definition) is 2. The summed E-state index contributed by atoms with van der Waals surface area (Å²) in [6.45, 7) is 5.19. The van der Waals surface area contributed by atoms with Gasteiger partial charge in [0.2, 0.25) is 5.91 Å². The first-order chi connectivity index (χ1) is 9.10. The quantitative estimate of drug-likeness (QED) is 0.788. The third-order valence-corrected chi connectivity index (χ3v) is 3.36. The first kappa shape index (κ1) is 13.9. The van der Waals surface area contributed by atoms with Crippen molar-refractivity contribution in [1.29, 1.82) is 0 Å². The zero-order chi connectivity index (χ0) is 13.8. The summed E-state index contributed by atoms with van der Waals surface area (Å²) in [6, 6.07) is 8.26. The second-order valence-corrected chi connectivity index (χ2v) is 5.70. The minimum absolute atomic E-state index is 0.240. The fraction of sp³-hybridized carbons (Fsp3) is 0.562. The summed E-state index contributed by atoms with van der Waals surface area (Å²) in [5, 5.41) is 0. The lowest BCUT2D eigenvalue weighted by atomic mass is 10.1. The van der Waals surface area contributed by atoms with Gasteiger partial charge in [-0.2, -0.15) is 0 Å². The largest absolute Gasteiger partial charge is 0.497 e. The number of ether oxygens (including phenoxy) is 1. The van der Waals surface area contributed by atoms with Crippen molar-refractivity contribution in [3.8, 4) is 5.75 Å². The molecule has 0 bridgehead atoms. The van der Waals surface area contributed by atoms with Crippen LogP contribution in [0.1, 0.15) is 32.3 Å². The van der Waals surface area contributed by atoms with Gasteiger partial charge in [-0.1, -0.05) is 26.0 Å². The number of carbonyl (C=O) groups excluding carboxylic acids is 1. The van der Waals surface area contributed by atoms with Gasteiger partial charge in [0.05, 0.1) is 13.5 Å². The number of carbonyl (C=O) groups is 1. The van der Waals surface area contributed by atoms with E-state index >= 15 is 0 Å². The zero-order valence-corrected chi connectivity index (χ0v) is 12.1. The Morgan fingerprint density at radius 2 is 2.16 bits per heavy atom. The highest BCUT2D eigenvalue weighted by molar-refractivity contribution is 5.79. The van der Waals surface area contributed by atoms with E-state index in [9.17, 15) is 4.79 Å². The van der Waals surface area contributed by atoms with Crippen molar-refractivity contribution in [2.24, 2.45) is 5.92 Å². The average molecular weight is 261 g/mol. The summed E-state index contributed by atoms with van der Waals surface area (Å²) in [6.07, 6.45) is 2.80. The molecule has 0 N–H and O–H groups in total. The summed E-state index contributed by atoms with van der Waals surface area (Å²) in [4.78, 5) is 14.5. The first-order valence-corrected chi connectivity index (χ1v) is 7.02. The Morgan fingerprint density at radius 1 is 1.42 bits per heavy atom. The smallest absolute Gasteiger partial charge is 0.227 e. The highest BCUT2D eigenvalue weighted by atomic mass is 16.5. The van der Waals surface area contributed by atoms with Gasteiger partial charge in [0.15, 0.2) is 0 Å². The number of amides is 1. The highest BCUT2D eigenvalue weighted by Gasteiger charge is 2.32. The third-order valence-electron chi connectivity index (χ3n) is 3.36. The van der Waals surface area contributed by atoms with E-state index in [2.05, 4.69) is 18.7 Å². The van der Waals surface area contributed by atoms with Crippen molar-refractivity contribution in [2.75, 3.05) is 13.7 Å². The summed E-state index contributed by atoms with van der Waals surface area (Å²) < 4.78 is 5.20. The van der Waals surface area contributed by atoms with Crippen LogP contribution < -0.4 is 4.74 Å². The Morgan fingerprint density at radius 3 is 2.74 bits per heavy atom. The second kappa shape index (κ2) is 6.09. The molecule has 1 aromatic carbocycles. The van der Waals surface area contributed by atoms with Crippen LogP contribution in [-0.2, 0) is 11.2 Å². The van der Waals surface area contributed by atoms with Crippen LogP contribution in [0.5, 0.6) is 5.75 Å². The molecular weight excluding hydrogens is 238 g/mol. The molecule has 2 rings (SSSR count). The monoisotopic (exact) mass is 261 g/mol. The van der Waals surface area contributed by atoms with Gasteiger partial charge in [-0.05, 0) is 36.5 Å². The van der Waals surface area contributed by atoms with Gasteiger partial charge in [0.1, 0.15) is 5.75 Å². The fourth-order valence-electron chi connectivity index (χ4n) is 2.29. The Bertz CT molecular complexity index is 438. The number of methoxy groups -OCH3 is 1. The molecular formula is C16H23NO2. The molecule has 1 aliphatic rings. The molecule has 1 fully saturated rings. The van der Waals surface area contributed by atoms with E-state index in [1.165, 1.54) is 0 Å². The number of nitrogens with zero attached hydrogens (tertiary/aromatic N) is 1. The normalized spacial score (nSPS) is 14.5. The van der Waals surface area contributed by atoms with Crippen molar-refractivity contribution >= 4 is 5.91 Å². The van der Waals surface area contributed by atoms with Gasteiger partial charge in [0.25, 0.3) is 0 Å². The maximum atomic E-state index is 12.4. The van der Waals surface area contributed by atoms with Gasteiger partial charge in [-0.3, -0.25) is 4.79 Å². The van der Waals surface area contributed by atoms with Gasteiger partial charge >= 0.3 is 0 Å². The summed E-state index contributed by atoms with van der Waals surface area (Å²) in [7, 11) is 1.65. The molecule has 0 spiro atoms. The topological polar surface area (TPSA) is 29.5 Å². The summed E-state index contributed by atoms with van der Waals surface area (Å²) in [5.41, 5.74) is 1.03. The van der Waals surface area contributed by atoms with E-state index in [0.717, 1.165) is 30.7 Å². The second-order valence-electron chi connectivity index (χ2n) is 5.70. The molecule has 1 aliphatic carbocycles. The Hall–Kier alpha value is -1.51. The minimum atomic E-state index is 0.240. The van der Waals surface area contributed by atoms with Crippen LogP contribution in [0.2, 0.25) is 0 Å². The summed E-state index contributed by atoms with van der Waals surface area (Å²) >= 11 is 0. The number of benzene rings is 1. The van der Waals surface area contributed by atoms with Crippen molar-refractivity contribution in [3.05, 3.63) is 29.8 Å². The van der Waals surface area contributed by atoms with Crippen molar-refractivity contribution in [1.82, 2.24) is 4.90 Å². The molecule has 104 valence electrons. The molecule has 0 unspecified atom stereocenters. The molecule has 0 radical (unpaired) electrons. The van der Waals surface area contributed by atoms with Crippen molar-refractivity contribution < 1.29 is 9.53 Å². The molecule has 3 heteroatoms. The van der Waals surface area contributed by atoms with Crippen LogP contribution in [-0.4, -0.2) is 30.5 Å². The standard InChI is InChI=1S/C16H23NO2/c1-12(2)11-17(14-7-8-14)16(18)10-13-5-4-6-15(9-13)19-3/h4-6,9,12,14H,7-8,10-11H2,1-3H3. The molecule has 1 amide bonds. The Labute approximate surface area is 115 Å². The van der Waals surface area contributed by atoms with Crippen LogP contribution in [0.25, 0.3) is 0 Å². The van der Waals surface area contributed by atoms with Crippen LogP contribution in [0, 0.1) is 5.92 Å². The van der Waals surface area contributed by atoms with E-state index in [-0.39, 0.29) is 5.91 Å². The van der Waals surface area contributed by atoms with Crippen LogP contribution in [0.3, 0.4) is 0 Å². The average Bonchev–Trinajstić information content (AvgIpc) is 3.20. The fourth-order valence-corrected chi connectivity index (χ4v) is 2.29. The van der Waals surface area contributed by atoms with E-state index in [4.69, 9.17) is 4.74 Å². The maximum absolute atomic E-state index is 12.4. The molecule has 0 aromatic heterocycles. The molecule has 0 saturated heterocycles. The van der Waals surface area contributed by atoms with Gasteiger partial charge in [0, 0.05) is 12.6 Å². The van der Waals surface area contributed by atoms with E-state index in [1.807, 2.05) is 24.3 Å². The molecule has 0 atom stereocenters.